The first-order valence-electron chi connectivity index (χ1n) is 12.3. The monoisotopic (exact) mass is 504 g/mol. The average Bonchev–Trinajstić information content (AvgIpc) is 2.86. The molecule has 1 aliphatic rings. The third kappa shape index (κ3) is 6.45. The van der Waals surface area contributed by atoms with E-state index in [4.69, 9.17) is 4.74 Å². The third-order valence-electron chi connectivity index (χ3n) is 7.00. The van der Waals surface area contributed by atoms with Gasteiger partial charge in [0.05, 0.1) is 0 Å². The van der Waals surface area contributed by atoms with Gasteiger partial charge in [-0.3, -0.25) is 0 Å². The van der Waals surface area contributed by atoms with E-state index in [1.165, 1.54) is 44.6 Å². The van der Waals surface area contributed by atoms with Gasteiger partial charge in [-0.1, -0.05) is 77.1 Å². The summed E-state index contributed by atoms with van der Waals surface area (Å²) < 4.78 is 74.3. The van der Waals surface area contributed by atoms with Crippen molar-refractivity contribution >= 4 is 0 Å². The van der Waals surface area contributed by atoms with Crippen molar-refractivity contribution in [3.05, 3.63) is 83.2 Å². The number of rotatable bonds is 8. The lowest BCUT2D eigenvalue weighted by molar-refractivity contribution is 0.252. The molecule has 0 spiro atoms. The molecule has 1 aliphatic carbocycles. The van der Waals surface area contributed by atoms with Crippen LogP contribution in [0.5, 0.6) is 11.5 Å². The van der Waals surface area contributed by atoms with Gasteiger partial charge in [0.25, 0.3) is 0 Å². The van der Waals surface area contributed by atoms with Gasteiger partial charge in [-0.15, -0.1) is 0 Å². The highest BCUT2D eigenvalue weighted by molar-refractivity contribution is 5.71. The molecular weight excluding hydrogens is 471 g/mol. The molecule has 0 saturated heterocycles. The molecule has 36 heavy (non-hydrogen) atoms. The predicted octanol–water partition coefficient (Wildman–Crippen LogP) is 10.0. The van der Waals surface area contributed by atoms with Crippen molar-refractivity contribution in [1.29, 1.82) is 0 Å². The number of hydrogen-bond acceptors (Lipinski definition) is 1. The Labute approximate surface area is 210 Å². The van der Waals surface area contributed by atoms with Gasteiger partial charge in [0.1, 0.15) is 5.75 Å². The van der Waals surface area contributed by atoms with E-state index < -0.39 is 40.6 Å². The molecule has 0 heterocycles. The Hall–Kier alpha value is -2.89. The third-order valence-corrected chi connectivity index (χ3v) is 7.00. The Balaban J connectivity index is 0.00000361. The molecule has 0 N–H and O–H groups in total. The van der Waals surface area contributed by atoms with Crippen LogP contribution in [0.1, 0.15) is 64.9 Å². The summed E-state index contributed by atoms with van der Waals surface area (Å²) in [5.41, 5.74) is 1.93. The molecule has 1 saturated carbocycles. The highest BCUT2D eigenvalue weighted by Gasteiger charge is 2.21. The summed E-state index contributed by atoms with van der Waals surface area (Å²) in [7, 11) is 0. The van der Waals surface area contributed by atoms with E-state index >= 15 is 0 Å². The lowest BCUT2D eigenvalue weighted by Crippen LogP contribution is -2.15. The molecule has 0 bridgehead atoms. The van der Waals surface area contributed by atoms with Crippen LogP contribution in [0.15, 0.2) is 48.5 Å². The summed E-state index contributed by atoms with van der Waals surface area (Å²) in [6.45, 7) is 2.24. The highest BCUT2D eigenvalue weighted by Crippen LogP contribution is 2.38. The smallest absolute Gasteiger partial charge is 0.201 e. The van der Waals surface area contributed by atoms with Crippen LogP contribution in [-0.4, -0.2) is 0 Å². The first-order valence-corrected chi connectivity index (χ1v) is 12.3. The van der Waals surface area contributed by atoms with Gasteiger partial charge in [0, 0.05) is 17.7 Å². The van der Waals surface area contributed by atoms with Gasteiger partial charge in [0.15, 0.2) is 29.0 Å². The zero-order valence-corrected chi connectivity index (χ0v) is 19.7. The van der Waals surface area contributed by atoms with Gasteiger partial charge in [0.2, 0.25) is 5.82 Å². The molecule has 0 atom stereocenters. The van der Waals surface area contributed by atoms with E-state index in [2.05, 4.69) is 6.92 Å². The molecule has 6 heteroatoms. The summed E-state index contributed by atoms with van der Waals surface area (Å²) >= 11 is 0. The number of benzene rings is 3. The molecule has 194 valence electrons. The van der Waals surface area contributed by atoms with Crippen LogP contribution in [0, 0.1) is 40.9 Å². The maximum atomic E-state index is 14.6. The van der Waals surface area contributed by atoms with Crippen LogP contribution in [0.4, 0.5) is 22.0 Å². The van der Waals surface area contributed by atoms with Crippen molar-refractivity contribution in [2.75, 3.05) is 0 Å². The molecule has 1 fully saturated rings. The van der Waals surface area contributed by atoms with Crippen molar-refractivity contribution in [1.82, 2.24) is 0 Å². The SMILES string of the molecule is C.CCCC1CCC(CCc2ccc(-c3ccc(F)c(F)c3Oc3cc(F)c(F)c(F)c3)cc2)CC1. The van der Waals surface area contributed by atoms with Gasteiger partial charge < -0.3 is 4.74 Å². The zero-order chi connectivity index (χ0) is 24.9. The van der Waals surface area contributed by atoms with E-state index in [0.29, 0.717) is 17.7 Å². The van der Waals surface area contributed by atoms with Gasteiger partial charge >= 0.3 is 0 Å². The van der Waals surface area contributed by atoms with E-state index in [1.54, 1.807) is 12.1 Å². The van der Waals surface area contributed by atoms with Gasteiger partial charge in [-0.05, 0) is 47.9 Å². The summed E-state index contributed by atoms with van der Waals surface area (Å²) in [5.74, 6) is -6.47. The van der Waals surface area contributed by atoms with Crippen LogP contribution in [0.2, 0.25) is 0 Å². The molecular formula is C30H33F5O. The first kappa shape index (κ1) is 27.7. The van der Waals surface area contributed by atoms with E-state index in [9.17, 15) is 22.0 Å². The van der Waals surface area contributed by atoms with E-state index in [1.807, 2.05) is 12.1 Å². The maximum absolute atomic E-state index is 14.6. The maximum Gasteiger partial charge on any atom is 0.201 e. The van der Waals surface area contributed by atoms with Crippen LogP contribution in [0.3, 0.4) is 0 Å². The lowest BCUT2D eigenvalue weighted by Gasteiger charge is -2.28. The normalized spacial score (nSPS) is 17.5. The molecule has 0 amide bonds. The van der Waals surface area contributed by atoms with Crippen molar-refractivity contribution in [2.45, 2.75) is 65.7 Å². The predicted molar refractivity (Wildman–Crippen MR) is 134 cm³/mol. The molecule has 3 aromatic rings. The molecule has 1 nitrogen and oxygen atoms in total. The fourth-order valence-corrected chi connectivity index (χ4v) is 5.01. The van der Waals surface area contributed by atoms with Gasteiger partial charge in [-0.2, -0.15) is 4.39 Å². The highest BCUT2D eigenvalue weighted by atomic mass is 19.2. The Morgan fingerprint density at radius 1 is 0.722 bits per heavy atom. The van der Waals surface area contributed by atoms with Crippen molar-refractivity contribution < 1.29 is 26.7 Å². The summed E-state index contributed by atoms with van der Waals surface area (Å²) in [5, 5.41) is 0. The first-order chi connectivity index (χ1) is 16.9. The Morgan fingerprint density at radius 3 is 1.89 bits per heavy atom. The summed E-state index contributed by atoms with van der Waals surface area (Å²) in [6, 6.07) is 11.0. The van der Waals surface area contributed by atoms with Crippen LogP contribution >= 0.6 is 0 Å². The minimum Gasteiger partial charge on any atom is -0.453 e. The van der Waals surface area contributed by atoms with Crippen LogP contribution in [-0.2, 0) is 6.42 Å². The second kappa shape index (κ2) is 12.4. The zero-order valence-electron chi connectivity index (χ0n) is 19.7. The summed E-state index contributed by atoms with van der Waals surface area (Å²) in [4.78, 5) is 0. The molecule has 0 radical (unpaired) electrons. The largest absolute Gasteiger partial charge is 0.453 e. The topological polar surface area (TPSA) is 9.23 Å². The minimum absolute atomic E-state index is 0. The standard InChI is InChI=1S/C29H29F5O.CH4/c1-2-3-18-4-6-19(7-5-18)8-9-20-10-12-21(13-11-20)23-14-15-24(30)28(34)29(23)35-22-16-25(31)27(33)26(32)17-22;/h10-19H,2-9H2,1H3;1H4. The fraction of sp³-hybridized carbons (Fsp3) is 0.400. The number of hydrogen-bond donors (Lipinski definition) is 0. The summed E-state index contributed by atoms with van der Waals surface area (Å²) in [6.07, 6.45) is 9.85. The quantitative estimate of drug-likeness (QED) is 0.219. The minimum atomic E-state index is -1.66. The van der Waals surface area contributed by atoms with E-state index in [-0.39, 0.29) is 13.0 Å². The molecule has 0 aliphatic heterocycles. The van der Waals surface area contributed by atoms with Crippen LogP contribution < -0.4 is 4.74 Å². The van der Waals surface area contributed by atoms with Crippen molar-refractivity contribution in [2.24, 2.45) is 11.8 Å². The Morgan fingerprint density at radius 2 is 1.31 bits per heavy atom. The second-order valence-corrected chi connectivity index (χ2v) is 9.45. The van der Waals surface area contributed by atoms with Gasteiger partial charge in [-0.25, -0.2) is 17.6 Å². The second-order valence-electron chi connectivity index (χ2n) is 9.45. The Bertz CT molecular complexity index is 1130. The average molecular weight is 505 g/mol. The van der Waals surface area contributed by atoms with E-state index in [0.717, 1.165) is 36.3 Å². The number of aryl methyl sites for hydroxylation is 1. The molecule has 4 rings (SSSR count). The van der Waals surface area contributed by atoms with Crippen molar-refractivity contribution in [3.8, 4) is 22.6 Å². The fourth-order valence-electron chi connectivity index (χ4n) is 5.01. The number of ether oxygens (including phenoxy) is 1. The molecule has 3 aromatic carbocycles. The lowest BCUT2D eigenvalue weighted by atomic mass is 9.78. The van der Waals surface area contributed by atoms with Crippen LogP contribution in [0.25, 0.3) is 11.1 Å². The molecule has 0 unspecified atom stereocenters. The Kier molecular flexibility index (Phi) is 9.52. The van der Waals surface area contributed by atoms with Crippen molar-refractivity contribution in [3.63, 3.8) is 0 Å². The molecule has 0 aromatic heterocycles. The number of halogens is 5.